The van der Waals surface area contributed by atoms with Gasteiger partial charge < -0.3 is 0 Å². The zero-order valence-corrected chi connectivity index (χ0v) is 10.1. The van der Waals surface area contributed by atoms with Gasteiger partial charge in [0.1, 0.15) is 4.90 Å². The zero-order chi connectivity index (χ0) is 8.77. The summed E-state index contributed by atoms with van der Waals surface area (Å²) >= 11 is 0. The van der Waals surface area contributed by atoms with Crippen LogP contribution in [0.15, 0.2) is 29.2 Å². The molecule has 0 fully saturated rings. The van der Waals surface area contributed by atoms with Crippen LogP contribution in [0.4, 0.5) is 0 Å². The fourth-order valence-corrected chi connectivity index (χ4v) is 2.29. The summed E-state index contributed by atoms with van der Waals surface area (Å²) in [5.74, 6) is -0.550. The smallest absolute Gasteiger partial charge is 0.266 e. The molecular formula is C7H5NO3SW. The first kappa shape index (κ1) is 10.4. The van der Waals surface area contributed by atoms with Gasteiger partial charge in [0.2, 0.25) is 0 Å². The van der Waals surface area contributed by atoms with E-state index in [-0.39, 0.29) is 31.5 Å². The molecule has 1 aliphatic heterocycles. The minimum atomic E-state index is -3.55. The number of fused-ring (bicyclic) bond motifs is 1. The molecule has 1 aromatic carbocycles. The van der Waals surface area contributed by atoms with Crippen molar-refractivity contribution in [3.63, 3.8) is 0 Å². The first-order valence-corrected chi connectivity index (χ1v) is 4.76. The second-order valence-electron chi connectivity index (χ2n) is 2.43. The monoisotopic (exact) mass is 367 g/mol. The van der Waals surface area contributed by atoms with E-state index in [2.05, 4.69) is 0 Å². The van der Waals surface area contributed by atoms with Gasteiger partial charge in [-0.25, -0.2) is 13.1 Å². The number of amides is 1. The molecule has 0 aromatic heterocycles. The quantitative estimate of drug-likeness (QED) is 0.709. The van der Waals surface area contributed by atoms with Crippen molar-refractivity contribution in [2.75, 3.05) is 0 Å². The molecule has 2 rings (SSSR count). The first-order chi connectivity index (χ1) is 5.61. The summed E-state index contributed by atoms with van der Waals surface area (Å²) in [5.41, 5.74) is 0.220. The summed E-state index contributed by atoms with van der Waals surface area (Å²) in [6, 6.07) is 6.09. The maximum Gasteiger partial charge on any atom is 0.266 e. The third-order valence-corrected chi connectivity index (χ3v) is 3.04. The van der Waals surface area contributed by atoms with E-state index in [1.807, 2.05) is 4.72 Å². The van der Waals surface area contributed by atoms with Crippen LogP contribution < -0.4 is 4.72 Å². The molecule has 1 amide bonds. The summed E-state index contributed by atoms with van der Waals surface area (Å²) in [6.07, 6.45) is 0. The van der Waals surface area contributed by atoms with Crippen molar-refractivity contribution in [3.8, 4) is 0 Å². The van der Waals surface area contributed by atoms with Gasteiger partial charge in [0.05, 0.1) is 5.56 Å². The molecule has 0 saturated heterocycles. The van der Waals surface area contributed by atoms with E-state index in [0.717, 1.165) is 0 Å². The molecule has 0 bridgehead atoms. The number of nitrogens with one attached hydrogen (secondary N) is 1. The van der Waals surface area contributed by atoms with E-state index in [4.69, 9.17) is 0 Å². The maximum absolute atomic E-state index is 11.1. The van der Waals surface area contributed by atoms with E-state index >= 15 is 0 Å². The Morgan fingerprint density at radius 3 is 2.38 bits per heavy atom. The second kappa shape index (κ2) is 3.23. The molecule has 0 atom stereocenters. The standard InChI is InChI=1S/C7H5NO3S.W/c9-7-5-3-1-2-4-6(5)12(10,11)8-7;/h1-4H,(H,8,9);. The van der Waals surface area contributed by atoms with Crippen LogP contribution in [0.2, 0.25) is 0 Å². The predicted octanol–water partition coefficient (Wildman–Crippen LogP) is 0.116. The van der Waals surface area contributed by atoms with E-state index in [0.29, 0.717) is 0 Å². The molecule has 0 unspecified atom stereocenters. The van der Waals surface area contributed by atoms with Crippen molar-refractivity contribution in [3.05, 3.63) is 29.8 Å². The molecule has 1 aliphatic rings. The van der Waals surface area contributed by atoms with Gasteiger partial charge >= 0.3 is 0 Å². The Hall–Kier alpha value is -0.672. The molecule has 1 heterocycles. The van der Waals surface area contributed by atoms with E-state index < -0.39 is 15.9 Å². The average molecular weight is 367 g/mol. The first-order valence-electron chi connectivity index (χ1n) is 3.27. The normalized spacial score (nSPS) is 17.1. The minimum absolute atomic E-state index is 0. The van der Waals surface area contributed by atoms with Crippen molar-refractivity contribution >= 4 is 15.9 Å². The van der Waals surface area contributed by atoms with Gasteiger partial charge in [-0.05, 0) is 12.1 Å². The number of carbonyl (C=O) groups excluding carboxylic acids is 1. The van der Waals surface area contributed by atoms with Gasteiger partial charge in [0, 0.05) is 21.1 Å². The molecule has 0 radical (unpaired) electrons. The molecule has 4 nitrogen and oxygen atoms in total. The van der Waals surface area contributed by atoms with Crippen molar-refractivity contribution in [1.82, 2.24) is 4.72 Å². The van der Waals surface area contributed by atoms with Crippen LogP contribution in [-0.2, 0) is 31.1 Å². The van der Waals surface area contributed by atoms with E-state index in [1.54, 1.807) is 12.1 Å². The fourth-order valence-electron chi connectivity index (χ4n) is 1.12. The molecule has 6 heteroatoms. The van der Waals surface area contributed by atoms with Crippen LogP contribution in [0.5, 0.6) is 0 Å². The Bertz CT molecular complexity index is 455. The van der Waals surface area contributed by atoms with E-state index in [1.165, 1.54) is 12.1 Å². The van der Waals surface area contributed by atoms with Crippen LogP contribution in [0.25, 0.3) is 0 Å². The Morgan fingerprint density at radius 1 is 1.15 bits per heavy atom. The third kappa shape index (κ3) is 1.54. The molecule has 68 valence electrons. The number of carbonyl (C=O) groups is 1. The van der Waals surface area contributed by atoms with Gasteiger partial charge in [0.15, 0.2) is 0 Å². The summed E-state index contributed by atoms with van der Waals surface area (Å²) in [7, 11) is -3.55. The molecule has 0 saturated carbocycles. The van der Waals surface area contributed by atoms with Crippen LogP contribution >= 0.6 is 0 Å². The van der Waals surface area contributed by atoms with Crippen molar-refractivity contribution in [2.45, 2.75) is 4.90 Å². The Labute approximate surface area is 89.7 Å². The Kier molecular flexibility index (Phi) is 2.59. The molecule has 1 aromatic rings. The third-order valence-electron chi connectivity index (χ3n) is 1.65. The average Bonchev–Trinajstić information content (AvgIpc) is 2.25. The van der Waals surface area contributed by atoms with Crippen molar-refractivity contribution < 1.29 is 34.3 Å². The summed E-state index contributed by atoms with van der Waals surface area (Å²) in [4.78, 5) is 11.1. The van der Waals surface area contributed by atoms with Gasteiger partial charge in [-0.3, -0.25) is 4.79 Å². The van der Waals surface area contributed by atoms with Gasteiger partial charge in [0.25, 0.3) is 15.9 Å². The Balaban J connectivity index is 0.000000845. The summed E-state index contributed by atoms with van der Waals surface area (Å²) in [6.45, 7) is 0. The largest absolute Gasteiger partial charge is 0.268 e. The molecule has 1 N–H and O–H groups in total. The van der Waals surface area contributed by atoms with Crippen molar-refractivity contribution in [2.24, 2.45) is 0 Å². The van der Waals surface area contributed by atoms with Crippen LogP contribution in [0.3, 0.4) is 0 Å². The van der Waals surface area contributed by atoms with Gasteiger partial charge in [-0.1, -0.05) is 12.1 Å². The fraction of sp³-hybridized carbons (Fsp3) is 0. The second-order valence-corrected chi connectivity index (χ2v) is 4.08. The number of benzene rings is 1. The maximum atomic E-state index is 11.1. The number of hydrogen-bond acceptors (Lipinski definition) is 3. The summed E-state index contributed by atoms with van der Waals surface area (Å²) in [5, 5.41) is 0. The molecule has 0 spiro atoms. The number of hydrogen-bond donors (Lipinski definition) is 1. The predicted molar refractivity (Wildman–Crippen MR) is 41.1 cm³/mol. The number of rotatable bonds is 0. The SMILES string of the molecule is O=C1NS(=O)(=O)c2ccccc21.[W]. The summed E-state index contributed by atoms with van der Waals surface area (Å²) < 4.78 is 24.2. The zero-order valence-electron chi connectivity index (χ0n) is 6.35. The molecule has 13 heavy (non-hydrogen) atoms. The van der Waals surface area contributed by atoms with Crippen molar-refractivity contribution in [1.29, 1.82) is 0 Å². The van der Waals surface area contributed by atoms with Gasteiger partial charge in [-0.2, -0.15) is 0 Å². The molecular weight excluding hydrogens is 362 g/mol. The van der Waals surface area contributed by atoms with Crippen LogP contribution in [0.1, 0.15) is 10.4 Å². The van der Waals surface area contributed by atoms with Crippen LogP contribution in [0, 0.1) is 0 Å². The Morgan fingerprint density at radius 2 is 1.77 bits per heavy atom. The topological polar surface area (TPSA) is 63.2 Å². The molecule has 0 aliphatic carbocycles. The van der Waals surface area contributed by atoms with Crippen LogP contribution in [-0.4, -0.2) is 14.3 Å². The number of sulfonamides is 1. The van der Waals surface area contributed by atoms with E-state index in [9.17, 15) is 13.2 Å². The minimum Gasteiger partial charge on any atom is -0.268 e. The van der Waals surface area contributed by atoms with Gasteiger partial charge in [-0.15, -0.1) is 0 Å².